The van der Waals surface area contributed by atoms with Crippen LogP contribution < -0.4 is 4.90 Å². The fourth-order valence-corrected chi connectivity index (χ4v) is 2.68. The standard InChI is InChI=1S/C14H21NO/c1-11-6-4-5-7-13(11)15-9-8-12(16)10-14(15,2)3/h4-7,12,16H,8-10H2,1-3H3. The molecule has 0 spiro atoms. The van der Waals surface area contributed by atoms with Crippen molar-refractivity contribution in [3.63, 3.8) is 0 Å². The lowest BCUT2D eigenvalue weighted by molar-refractivity contribution is 0.107. The van der Waals surface area contributed by atoms with E-state index in [4.69, 9.17) is 0 Å². The van der Waals surface area contributed by atoms with Crippen molar-refractivity contribution in [1.82, 2.24) is 0 Å². The van der Waals surface area contributed by atoms with Crippen molar-refractivity contribution < 1.29 is 5.11 Å². The smallest absolute Gasteiger partial charge is 0.0579 e. The van der Waals surface area contributed by atoms with E-state index in [1.165, 1.54) is 11.3 Å². The molecule has 1 atom stereocenters. The highest BCUT2D eigenvalue weighted by Crippen LogP contribution is 2.34. The zero-order chi connectivity index (χ0) is 11.8. The van der Waals surface area contributed by atoms with Gasteiger partial charge in [-0.05, 0) is 45.2 Å². The summed E-state index contributed by atoms with van der Waals surface area (Å²) in [5, 5.41) is 9.75. The van der Waals surface area contributed by atoms with Crippen molar-refractivity contribution in [3.05, 3.63) is 29.8 Å². The number of nitrogens with zero attached hydrogens (tertiary/aromatic N) is 1. The van der Waals surface area contributed by atoms with Crippen LogP contribution in [0.5, 0.6) is 0 Å². The van der Waals surface area contributed by atoms with Gasteiger partial charge in [0.2, 0.25) is 0 Å². The Bertz CT molecular complexity index is 373. The molecule has 1 N–H and O–H groups in total. The lowest BCUT2D eigenvalue weighted by atomic mass is 9.87. The molecular formula is C14H21NO. The molecule has 88 valence electrons. The minimum absolute atomic E-state index is 0.0454. The number of aliphatic hydroxyl groups excluding tert-OH is 1. The number of aryl methyl sites for hydroxylation is 1. The van der Waals surface area contributed by atoms with Gasteiger partial charge in [0.05, 0.1) is 6.10 Å². The van der Waals surface area contributed by atoms with Crippen LogP contribution in [0.3, 0.4) is 0 Å². The lowest BCUT2D eigenvalue weighted by Crippen LogP contribution is -2.51. The topological polar surface area (TPSA) is 23.5 Å². The fourth-order valence-electron chi connectivity index (χ4n) is 2.68. The highest BCUT2D eigenvalue weighted by Gasteiger charge is 2.34. The number of anilines is 1. The van der Waals surface area contributed by atoms with Crippen LogP contribution in [-0.4, -0.2) is 23.3 Å². The molecule has 0 aliphatic carbocycles. The van der Waals surface area contributed by atoms with Crippen molar-refractivity contribution in [2.45, 2.75) is 45.3 Å². The van der Waals surface area contributed by atoms with Crippen LogP contribution in [0.15, 0.2) is 24.3 Å². The van der Waals surface area contributed by atoms with Crippen LogP contribution in [0, 0.1) is 6.92 Å². The molecule has 0 amide bonds. The van der Waals surface area contributed by atoms with Crippen molar-refractivity contribution in [2.24, 2.45) is 0 Å². The summed E-state index contributed by atoms with van der Waals surface area (Å²) in [6, 6.07) is 8.49. The van der Waals surface area contributed by atoms with Gasteiger partial charge in [0, 0.05) is 17.8 Å². The van der Waals surface area contributed by atoms with Crippen LogP contribution in [0.2, 0.25) is 0 Å². The van der Waals surface area contributed by atoms with Crippen LogP contribution in [0.25, 0.3) is 0 Å². The largest absolute Gasteiger partial charge is 0.393 e. The van der Waals surface area contributed by atoms with E-state index in [9.17, 15) is 5.11 Å². The van der Waals surface area contributed by atoms with E-state index in [2.05, 4.69) is 49.9 Å². The van der Waals surface area contributed by atoms with E-state index >= 15 is 0 Å². The maximum atomic E-state index is 9.75. The molecule has 1 aromatic carbocycles. The van der Waals surface area contributed by atoms with Gasteiger partial charge in [0.15, 0.2) is 0 Å². The highest BCUT2D eigenvalue weighted by molar-refractivity contribution is 5.55. The first kappa shape index (κ1) is 11.5. The SMILES string of the molecule is Cc1ccccc1N1CCC(O)CC1(C)C. The number of para-hydroxylation sites is 1. The quantitative estimate of drug-likeness (QED) is 0.785. The zero-order valence-electron chi connectivity index (χ0n) is 10.4. The molecule has 2 heteroatoms. The van der Waals surface area contributed by atoms with Gasteiger partial charge in [-0.15, -0.1) is 0 Å². The minimum Gasteiger partial charge on any atom is -0.393 e. The van der Waals surface area contributed by atoms with Gasteiger partial charge in [-0.3, -0.25) is 0 Å². The predicted octanol–water partition coefficient (Wildman–Crippen LogP) is 2.73. The first-order chi connectivity index (χ1) is 7.50. The normalized spacial score (nSPS) is 24.5. The Morgan fingerprint density at radius 2 is 2.00 bits per heavy atom. The molecule has 0 bridgehead atoms. The van der Waals surface area contributed by atoms with Crippen molar-refractivity contribution in [3.8, 4) is 0 Å². The molecule has 1 unspecified atom stereocenters. The first-order valence-electron chi connectivity index (χ1n) is 6.02. The summed E-state index contributed by atoms with van der Waals surface area (Å²) in [5.74, 6) is 0. The molecule has 1 saturated heterocycles. The third kappa shape index (κ3) is 2.07. The lowest BCUT2D eigenvalue weighted by Gasteiger charge is -2.46. The summed E-state index contributed by atoms with van der Waals surface area (Å²) in [7, 11) is 0. The summed E-state index contributed by atoms with van der Waals surface area (Å²) in [5.41, 5.74) is 2.66. The molecular weight excluding hydrogens is 198 g/mol. The molecule has 1 heterocycles. The Morgan fingerprint density at radius 3 is 2.62 bits per heavy atom. The first-order valence-corrected chi connectivity index (χ1v) is 6.02. The Morgan fingerprint density at radius 1 is 1.31 bits per heavy atom. The van der Waals surface area contributed by atoms with E-state index in [0.717, 1.165) is 19.4 Å². The molecule has 0 aromatic heterocycles. The van der Waals surface area contributed by atoms with Gasteiger partial charge in [-0.25, -0.2) is 0 Å². The van der Waals surface area contributed by atoms with Crippen LogP contribution in [0.1, 0.15) is 32.3 Å². The van der Waals surface area contributed by atoms with Crippen LogP contribution >= 0.6 is 0 Å². The number of rotatable bonds is 1. The summed E-state index contributed by atoms with van der Waals surface area (Å²) in [6.07, 6.45) is 1.58. The van der Waals surface area contributed by atoms with Gasteiger partial charge < -0.3 is 10.0 Å². The molecule has 1 aliphatic heterocycles. The van der Waals surface area contributed by atoms with Crippen molar-refractivity contribution in [2.75, 3.05) is 11.4 Å². The second-order valence-corrected chi connectivity index (χ2v) is 5.40. The molecule has 1 aromatic rings. The fraction of sp³-hybridized carbons (Fsp3) is 0.571. The Hall–Kier alpha value is -1.02. The van der Waals surface area contributed by atoms with Gasteiger partial charge in [-0.2, -0.15) is 0 Å². The van der Waals surface area contributed by atoms with E-state index < -0.39 is 0 Å². The number of piperidine rings is 1. The molecule has 2 rings (SSSR count). The highest BCUT2D eigenvalue weighted by atomic mass is 16.3. The van der Waals surface area contributed by atoms with Crippen LogP contribution in [0.4, 0.5) is 5.69 Å². The number of hydrogen-bond acceptors (Lipinski definition) is 2. The monoisotopic (exact) mass is 219 g/mol. The summed E-state index contributed by atoms with van der Waals surface area (Å²) < 4.78 is 0. The summed E-state index contributed by atoms with van der Waals surface area (Å²) in [6.45, 7) is 7.51. The molecule has 0 radical (unpaired) electrons. The van der Waals surface area contributed by atoms with Gasteiger partial charge in [0.1, 0.15) is 0 Å². The molecule has 1 fully saturated rings. The van der Waals surface area contributed by atoms with Gasteiger partial charge >= 0.3 is 0 Å². The van der Waals surface area contributed by atoms with E-state index in [0.29, 0.717) is 0 Å². The Balaban J connectivity index is 2.31. The summed E-state index contributed by atoms with van der Waals surface area (Å²) >= 11 is 0. The van der Waals surface area contributed by atoms with Crippen molar-refractivity contribution >= 4 is 5.69 Å². The molecule has 16 heavy (non-hydrogen) atoms. The number of aliphatic hydroxyl groups is 1. The van der Waals surface area contributed by atoms with E-state index in [1.54, 1.807) is 0 Å². The zero-order valence-corrected chi connectivity index (χ0v) is 10.4. The summed E-state index contributed by atoms with van der Waals surface area (Å²) in [4.78, 5) is 2.43. The minimum atomic E-state index is -0.143. The van der Waals surface area contributed by atoms with Crippen molar-refractivity contribution in [1.29, 1.82) is 0 Å². The van der Waals surface area contributed by atoms with Gasteiger partial charge in [-0.1, -0.05) is 18.2 Å². The maximum Gasteiger partial charge on any atom is 0.0579 e. The second-order valence-electron chi connectivity index (χ2n) is 5.40. The third-order valence-electron chi connectivity index (χ3n) is 3.56. The average Bonchev–Trinajstić information content (AvgIpc) is 2.18. The van der Waals surface area contributed by atoms with E-state index in [-0.39, 0.29) is 11.6 Å². The average molecular weight is 219 g/mol. The van der Waals surface area contributed by atoms with Crippen LogP contribution in [-0.2, 0) is 0 Å². The number of benzene rings is 1. The Kier molecular flexibility index (Phi) is 2.94. The van der Waals surface area contributed by atoms with Gasteiger partial charge in [0.25, 0.3) is 0 Å². The molecule has 1 aliphatic rings. The predicted molar refractivity (Wildman–Crippen MR) is 67.8 cm³/mol. The number of hydrogen-bond donors (Lipinski definition) is 1. The maximum absolute atomic E-state index is 9.75. The second kappa shape index (κ2) is 4.10. The van der Waals surface area contributed by atoms with E-state index in [1.807, 2.05) is 0 Å². The Labute approximate surface area is 97.9 Å². The third-order valence-corrected chi connectivity index (χ3v) is 3.56. The molecule has 0 saturated carbocycles. The molecule has 2 nitrogen and oxygen atoms in total.